The molecule has 4 nitrogen and oxygen atoms in total. The van der Waals surface area contributed by atoms with E-state index in [0.29, 0.717) is 5.92 Å². The molecule has 0 radical (unpaired) electrons. The number of aromatic nitrogens is 1. The van der Waals surface area contributed by atoms with Crippen LogP contribution in [-0.2, 0) is 6.54 Å². The van der Waals surface area contributed by atoms with Crippen LogP contribution in [0.1, 0.15) is 25.8 Å². The second-order valence-corrected chi connectivity index (χ2v) is 7.16. The molecule has 0 saturated heterocycles. The molecule has 0 bridgehead atoms. The van der Waals surface area contributed by atoms with Crippen LogP contribution in [0.2, 0.25) is 0 Å². The van der Waals surface area contributed by atoms with Gasteiger partial charge in [-0.05, 0) is 61.5 Å². The maximum Gasteiger partial charge on any atom is 0.132 e. The molecule has 0 saturated carbocycles. The molecule has 0 aliphatic rings. The predicted molar refractivity (Wildman–Crippen MR) is 94.9 cm³/mol. The Labute approximate surface area is 138 Å². The zero-order valence-corrected chi connectivity index (χ0v) is 15.6. The van der Waals surface area contributed by atoms with E-state index in [2.05, 4.69) is 77.1 Å². The first-order chi connectivity index (χ1) is 9.90. The van der Waals surface area contributed by atoms with E-state index in [4.69, 9.17) is 0 Å². The van der Waals surface area contributed by atoms with E-state index in [9.17, 15) is 0 Å². The quantitative estimate of drug-likeness (QED) is 0.736. The molecule has 120 valence electrons. The van der Waals surface area contributed by atoms with E-state index in [0.717, 1.165) is 42.9 Å². The Morgan fingerprint density at radius 3 is 2.57 bits per heavy atom. The Hall–Kier alpha value is -0.650. The highest BCUT2D eigenvalue weighted by atomic mass is 79.9. The Bertz CT molecular complexity index is 421. The number of hydrogen-bond acceptors (Lipinski definition) is 4. The molecular formula is C16H29BrN4. The Morgan fingerprint density at radius 1 is 1.24 bits per heavy atom. The molecule has 0 atom stereocenters. The summed E-state index contributed by atoms with van der Waals surface area (Å²) in [6.07, 6.45) is 3.02. The first-order valence-electron chi connectivity index (χ1n) is 7.61. The lowest BCUT2D eigenvalue weighted by atomic mass is 10.2. The van der Waals surface area contributed by atoms with Crippen LogP contribution in [0.5, 0.6) is 0 Å². The van der Waals surface area contributed by atoms with Gasteiger partial charge in [-0.3, -0.25) is 0 Å². The van der Waals surface area contributed by atoms with Gasteiger partial charge in [-0.15, -0.1) is 0 Å². The van der Waals surface area contributed by atoms with Gasteiger partial charge in [0.25, 0.3) is 0 Å². The minimum absolute atomic E-state index is 0.659. The third kappa shape index (κ3) is 7.25. The highest BCUT2D eigenvalue weighted by Gasteiger charge is 2.10. The fraction of sp³-hybridized carbons (Fsp3) is 0.688. The monoisotopic (exact) mass is 356 g/mol. The van der Waals surface area contributed by atoms with Gasteiger partial charge in [-0.2, -0.15) is 0 Å². The first kappa shape index (κ1) is 18.4. The topological polar surface area (TPSA) is 31.4 Å². The zero-order valence-electron chi connectivity index (χ0n) is 14.0. The van der Waals surface area contributed by atoms with Gasteiger partial charge < -0.3 is 15.1 Å². The van der Waals surface area contributed by atoms with E-state index in [-0.39, 0.29) is 0 Å². The Kier molecular flexibility index (Phi) is 8.22. The summed E-state index contributed by atoms with van der Waals surface area (Å²) in [6, 6.07) is 2.16. The largest absolute Gasteiger partial charge is 0.359 e. The van der Waals surface area contributed by atoms with Gasteiger partial charge in [-0.25, -0.2) is 4.98 Å². The number of pyridine rings is 1. The molecule has 1 aromatic rings. The normalized spacial score (nSPS) is 11.4. The molecule has 0 fully saturated rings. The average molecular weight is 357 g/mol. The van der Waals surface area contributed by atoms with Crippen molar-refractivity contribution in [1.82, 2.24) is 15.2 Å². The van der Waals surface area contributed by atoms with Crippen LogP contribution in [0, 0.1) is 5.92 Å². The number of nitrogens with one attached hydrogen (secondary N) is 1. The minimum atomic E-state index is 0.659. The minimum Gasteiger partial charge on any atom is -0.359 e. The van der Waals surface area contributed by atoms with Crippen LogP contribution >= 0.6 is 15.9 Å². The molecule has 1 heterocycles. The molecule has 0 unspecified atom stereocenters. The fourth-order valence-corrected chi connectivity index (χ4v) is 2.55. The Balaban J connectivity index is 2.66. The van der Waals surface area contributed by atoms with E-state index < -0.39 is 0 Å². The molecule has 1 aromatic heterocycles. The van der Waals surface area contributed by atoms with Crippen LogP contribution in [0.3, 0.4) is 0 Å². The van der Waals surface area contributed by atoms with Gasteiger partial charge in [0.2, 0.25) is 0 Å². The van der Waals surface area contributed by atoms with Crippen molar-refractivity contribution >= 4 is 21.7 Å². The smallest absolute Gasteiger partial charge is 0.132 e. The maximum atomic E-state index is 4.60. The van der Waals surface area contributed by atoms with Crippen molar-refractivity contribution in [2.24, 2.45) is 5.92 Å². The second-order valence-electron chi connectivity index (χ2n) is 6.24. The second kappa shape index (κ2) is 9.38. The van der Waals surface area contributed by atoms with Crippen molar-refractivity contribution in [3.05, 3.63) is 22.3 Å². The number of hydrogen-bond donors (Lipinski definition) is 1. The summed E-state index contributed by atoms with van der Waals surface area (Å²) in [5, 5.41) is 3.50. The molecule has 0 aliphatic carbocycles. The lowest BCUT2D eigenvalue weighted by Gasteiger charge is -2.22. The van der Waals surface area contributed by atoms with E-state index in [1.165, 1.54) is 5.56 Å². The summed E-state index contributed by atoms with van der Waals surface area (Å²) in [4.78, 5) is 9.07. The molecular weight excluding hydrogens is 328 g/mol. The van der Waals surface area contributed by atoms with E-state index in [1.807, 2.05) is 6.20 Å². The van der Waals surface area contributed by atoms with Crippen LogP contribution in [0.15, 0.2) is 16.7 Å². The summed E-state index contributed by atoms with van der Waals surface area (Å²) < 4.78 is 1.04. The molecule has 21 heavy (non-hydrogen) atoms. The average Bonchev–Trinajstić information content (AvgIpc) is 2.37. The van der Waals surface area contributed by atoms with Crippen molar-refractivity contribution in [1.29, 1.82) is 0 Å². The third-order valence-corrected chi connectivity index (χ3v) is 3.67. The molecule has 0 aromatic carbocycles. The first-order valence-corrected chi connectivity index (χ1v) is 8.40. The molecule has 1 N–H and O–H groups in total. The zero-order chi connectivity index (χ0) is 15.8. The van der Waals surface area contributed by atoms with Crippen molar-refractivity contribution < 1.29 is 0 Å². The van der Waals surface area contributed by atoms with E-state index >= 15 is 0 Å². The summed E-state index contributed by atoms with van der Waals surface area (Å²) in [6.45, 7) is 8.45. The Morgan fingerprint density at radius 2 is 1.95 bits per heavy atom. The van der Waals surface area contributed by atoms with Gasteiger partial charge in [0, 0.05) is 36.4 Å². The van der Waals surface area contributed by atoms with Crippen LogP contribution in [-0.4, -0.2) is 50.7 Å². The molecule has 0 spiro atoms. The lowest BCUT2D eigenvalue weighted by Crippen LogP contribution is -2.26. The fourth-order valence-electron chi connectivity index (χ4n) is 2.17. The highest BCUT2D eigenvalue weighted by molar-refractivity contribution is 9.10. The van der Waals surface area contributed by atoms with Gasteiger partial charge in [0.15, 0.2) is 0 Å². The van der Waals surface area contributed by atoms with Gasteiger partial charge in [0.05, 0.1) is 0 Å². The van der Waals surface area contributed by atoms with Gasteiger partial charge in [0.1, 0.15) is 5.82 Å². The van der Waals surface area contributed by atoms with Gasteiger partial charge >= 0.3 is 0 Å². The van der Waals surface area contributed by atoms with Crippen LogP contribution < -0.4 is 10.2 Å². The molecule has 0 amide bonds. The summed E-state index contributed by atoms with van der Waals surface area (Å²) >= 11 is 3.52. The molecule has 0 aliphatic heterocycles. The molecule has 5 heteroatoms. The summed E-state index contributed by atoms with van der Waals surface area (Å²) in [5.41, 5.74) is 1.25. The standard InChI is InChI=1S/C16H29BrN4/c1-13(2)10-18-11-14-9-15(17)12-19-16(14)21(5)8-6-7-20(3)4/h9,12-13,18H,6-8,10-11H2,1-5H3. The van der Waals surface area contributed by atoms with E-state index in [1.54, 1.807) is 0 Å². The van der Waals surface area contributed by atoms with Crippen molar-refractivity contribution in [3.8, 4) is 0 Å². The van der Waals surface area contributed by atoms with Crippen LogP contribution in [0.25, 0.3) is 0 Å². The lowest BCUT2D eigenvalue weighted by molar-refractivity contribution is 0.401. The predicted octanol–water partition coefficient (Wildman–Crippen LogP) is 2.98. The number of nitrogens with zero attached hydrogens (tertiary/aromatic N) is 3. The molecule has 1 rings (SSSR count). The van der Waals surface area contributed by atoms with Crippen molar-refractivity contribution in [2.45, 2.75) is 26.8 Å². The van der Waals surface area contributed by atoms with Crippen molar-refractivity contribution in [2.75, 3.05) is 45.7 Å². The van der Waals surface area contributed by atoms with Crippen molar-refractivity contribution in [3.63, 3.8) is 0 Å². The highest BCUT2D eigenvalue weighted by Crippen LogP contribution is 2.21. The number of anilines is 1. The third-order valence-electron chi connectivity index (χ3n) is 3.24. The summed E-state index contributed by atoms with van der Waals surface area (Å²) in [5.74, 6) is 1.74. The van der Waals surface area contributed by atoms with Crippen LogP contribution in [0.4, 0.5) is 5.82 Å². The number of halogens is 1. The SMILES string of the molecule is CC(C)CNCc1cc(Br)cnc1N(C)CCCN(C)C. The van der Waals surface area contributed by atoms with Gasteiger partial charge in [-0.1, -0.05) is 13.8 Å². The summed E-state index contributed by atoms with van der Waals surface area (Å²) in [7, 11) is 6.34. The maximum absolute atomic E-state index is 4.60. The number of rotatable bonds is 9.